The number of rotatable bonds is 8. The number of hydrogen-bond acceptors (Lipinski definition) is 6. The molecule has 1 atom stereocenters. The van der Waals surface area contributed by atoms with Gasteiger partial charge in [-0.25, -0.2) is 14.4 Å². The second kappa shape index (κ2) is 10.5. The van der Waals surface area contributed by atoms with Crippen LogP contribution in [0.5, 0.6) is 5.75 Å². The highest BCUT2D eigenvalue weighted by Gasteiger charge is 2.24. The Morgan fingerprint density at radius 1 is 1.22 bits per heavy atom. The van der Waals surface area contributed by atoms with E-state index in [1.807, 2.05) is 24.3 Å². The zero-order valence-corrected chi connectivity index (χ0v) is 20.5. The summed E-state index contributed by atoms with van der Waals surface area (Å²) in [6, 6.07) is 14.2. The number of pyridine rings is 1. The number of anilines is 1. The van der Waals surface area contributed by atoms with Gasteiger partial charge in [-0.05, 0) is 48.4 Å². The zero-order valence-electron chi connectivity index (χ0n) is 19.7. The summed E-state index contributed by atoms with van der Waals surface area (Å²) in [6.45, 7) is 2.50. The topological polar surface area (TPSA) is 95.2 Å². The molecule has 0 saturated carbocycles. The average Bonchev–Trinajstić information content (AvgIpc) is 3.53. The molecule has 0 aliphatic carbocycles. The molecule has 2 aromatic carbocycles. The highest BCUT2D eigenvalue weighted by molar-refractivity contribution is 6.34. The van der Waals surface area contributed by atoms with E-state index in [1.54, 1.807) is 25.4 Å². The number of imidazole rings is 1. The van der Waals surface area contributed by atoms with Crippen LogP contribution in [0.4, 0.5) is 10.1 Å². The van der Waals surface area contributed by atoms with Crippen molar-refractivity contribution in [1.82, 2.24) is 25.2 Å². The van der Waals surface area contributed by atoms with Gasteiger partial charge in [0.1, 0.15) is 22.9 Å². The molecule has 36 heavy (non-hydrogen) atoms. The fourth-order valence-corrected chi connectivity index (χ4v) is 4.47. The number of halogens is 2. The van der Waals surface area contributed by atoms with Crippen molar-refractivity contribution in [3.05, 3.63) is 71.1 Å². The second-order valence-corrected chi connectivity index (χ2v) is 9.15. The van der Waals surface area contributed by atoms with Gasteiger partial charge in [0, 0.05) is 38.3 Å². The van der Waals surface area contributed by atoms with Gasteiger partial charge in [-0.2, -0.15) is 0 Å². The molecule has 1 aliphatic rings. The van der Waals surface area contributed by atoms with Crippen molar-refractivity contribution in [2.75, 3.05) is 32.1 Å². The molecule has 8 nitrogen and oxygen atoms in total. The third-order valence-corrected chi connectivity index (χ3v) is 6.47. The van der Waals surface area contributed by atoms with E-state index in [9.17, 15) is 9.18 Å². The van der Waals surface area contributed by atoms with Crippen molar-refractivity contribution >= 4 is 34.4 Å². The Hall–Kier alpha value is -3.69. The predicted octanol–water partition coefficient (Wildman–Crippen LogP) is 4.23. The molecule has 5 rings (SSSR count). The number of nitrogens with zero attached hydrogens (tertiary/aromatic N) is 3. The Balaban J connectivity index is 1.29. The Kier molecular flexibility index (Phi) is 7.02. The molecule has 1 unspecified atom stereocenters. The van der Waals surface area contributed by atoms with Gasteiger partial charge in [0.2, 0.25) is 0 Å². The maximum atomic E-state index is 13.2. The van der Waals surface area contributed by atoms with Gasteiger partial charge in [0.25, 0.3) is 5.91 Å². The third-order valence-electron chi connectivity index (χ3n) is 6.18. The van der Waals surface area contributed by atoms with Gasteiger partial charge >= 0.3 is 0 Å². The maximum Gasteiger partial charge on any atom is 0.257 e. The van der Waals surface area contributed by atoms with E-state index < -0.39 is 0 Å². The Bertz CT molecular complexity index is 1360. The van der Waals surface area contributed by atoms with Crippen molar-refractivity contribution in [2.45, 2.75) is 19.0 Å². The predicted molar refractivity (Wildman–Crippen MR) is 138 cm³/mol. The van der Waals surface area contributed by atoms with Crippen LogP contribution in [0, 0.1) is 5.82 Å². The van der Waals surface area contributed by atoms with Crippen LogP contribution in [0.15, 0.2) is 54.7 Å². The molecule has 10 heteroatoms. The average molecular weight is 509 g/mol. The molecule has 3 heterocycles. The summed E-state index contributed by atoms with van der Waals surface area (Å²) in [5.41, 5.74) is 4.01. The summed E-state index contributed by atoms with van der Waals surface area (Å²) in [7, 11) is 1.57. The molecule has 0 bridgehead atoms. The lowest BCUT2D eigenvalue weighted by Gasteiger charge is -2.18. The minimum Gasteiger partial charge on any atom is -0.484 e. The van der Waals surface area contributed by atoms with Crippen LogP contribution < -0.4 is 15.4 Å². The van der Waals surface area contributed by atoms with Gasteiger partial charge in [-0.3, -0.25) is 9.69 Å². The summed E-state index contributed by atoms with van der Waals surface area (Å²) < 4.78 is 18.7. The Labute approximate surface area is 212 Å². The van der Waals surface area contributed by atoms with E-state index in [-0.39, 0.29) is 24.4 Å². The van der Waals surface area contributed by atoms with E-state index in [0.29, 0.717) is 27.8 Å². The number of fused-ring (bicyclic) bond motifs is 1. The summed E-state index contributed by atoms with van der Waals surface area (Å²) in [5.74, 6) is 0.832. The van der Waals surface area contributed by atoms with Crippen LogP contribution >= 0.6 is 11.6 Å². The van der Waals surface area contributed by atoms with Crippen molar-refractivity contribution in [2.24, 2.45) is 0 Å². The molecule has 1 fully saturated rings. The van der Waals surface area contributed by atoms with Crippen molar-refractivity contribution in [3.8, 4) is 17.1 Å². The Morgan fingerprint density at radius 3 is 2.75 bits per heavy atom. The summed E-state index contributed by atoms with van der Waals surface area (Å²) in [6.07, 6.45) is 2.57. The lowest BCUT2D eigenvalue weighted by Crippen LogP contribution is -2.26. The number of likely N-dealkylation sites (N-methyl/N-ethyl adjacent to an activating group) is 1. The third kappa shape index (κ3) is 5.42. The number of benzene rings is 2. The molecule has 3 N–H and O–H groups in total. The fourth-order valence-electron chi connectivity index (χ4n) is 4.28. The fraction of sp³-hybridized carbons (Fsp3) is 0.269. The SMILES string of the molecule is CNC(=O)COc1ccc(-c2nc3c(NC4CCN(Cc5ccc(F)cc5)C4)c(Cl)cnc3[nH]2)cc1. The molecule has 0 spiro atoms. The molecule has 4 aromatic rings. The van der Waals surface area contributed by atoms with Crippen LogP contribution in [0.1, 0.15) is 12.0 Å². The minimum absolute atomic E-state index is 0.0412. The monoisotopic (exact) mass is 508 g/mol. The first-order valence-corrected chi connectivity index (χ1v) is 12.1. The van der Waals surface area contributed by atoms with E-state index in [2.05, 4.69) is 25.5 Å². The van der Waals surface area contributed by atoms with Crippen LogP contribution in [0.2, 0.25) is 5.02 Å². The standard InChI is InChI=1S/C26H26ClFN6O2/c1-29-22(35)15-36-20-8-4-17(5-9-20)25-32-24-23(21(27)12-30-26(24)33-25)31-19-10-11-34(14-19)13-16-2-6-18(28)7-3-16/h2-9,12,19H,10-11,13-15H2,1H3,(H,29,35)(H2,30,31,32,33). The first-order chi connectivity index (χ1) is 17.5. The molecule has 1 amide bonds. The molecular formula is C26H26ClFN6O2. The molecular weight excluding hydrogens is 483 g/mol. The lowest BCUT2D eigenvalue weighted by molar-refractivity contribution is -0.122. The first-order valence-electron chi connectivity index (χ1n) is 11.7. The van der Waals surface area contributed by atoms with Crippen LogP contribution in [-0.2, 0) is 11.3 Å². The molecule has 0 radical (unpaired) electrons. The normalized spacial score (nSPS) is 15.8. The van der Waals surface area contributed by atoms with Crippen LogP contribution in [0.25, 0.3) is 22.6 Å². The van der Waals surface area contributed by atoms with Crippen LogP contribution in [-0.4, -0.2) is 58.5 Å². The van der Waals surface area contributed by atoms with Gasteiger partial charge in [0.15, 0.2) is 12.3 Å². The number of hydrogen-bond donors (Lipinski definition) is 3. The van der Waals surface area contributed by atoms with Gasteiger partial charge in [0.05, 0.1) is 16.9 Å². The summed E-state index contributed by atoms with van der Waals surface area (Å²) >= 11 is 6.53. The highest BCUT2D eigenvalue weighted by Crippen LogP contribution is 2.32. The number of likely N-dealkylation sites (tertiary alicyclic amines) is 1. The second-order valence-electron chi connectivity index (χ2n) is 8.74. The smallest absolute Gasteiger partial charge is 0.257 e. The molecule has 2 aromatic heterocycles. The number of ether oxygens (including phenoxy) is 1. The minimum atomic E-state index is -0.222. The number of aromatic amines is 1. The summed E-state index contributed by atoms with van der Waals surface area (Å²) in [5, 5.41) is 6.60. The number of amides is 1. The van der Waals surface area contributed by atoms with Gasteiger partial charge in [-0.15, -0.1) is 0 Å². The molecule has 1 saturated heterocycles. The number of carbonyl (C=O) groups excluding carboxylic acids is 1. The zero-order chi connectivity index (χ0) is 25.1. The largest absolute Gasteiger partial charge is 0.484 e. The maximum absolute atomic E-state index is 13.2. The van der Waals surface area contributed by atoms with E-state index >= 15 is 0 Å². The number of nitrogens with one attached hydrogen (secondary N) is 3. The van der Waals surface area contributed by atoms with E-state index in [4.69, 9.17) is 21.3 Å². The molecule has 186 valence electrons. The van der Waals surface area contributed by atoms with Gasteiger partial charge in [-0.1, -0.05) is 23.7 Å². The quantitative estimate of drug-likeness (QED) is 0.330. The van der Waals surface area contributed by atoms with E-state index in [1.165, 1.54) is 12.1 Å². The first kappa shape index (κ1) is 24.0. The Morgan fingerprint density at radius 2 is 2.00 bits per heavy atom. The molecule has 1 aliphatic heterocycles. The highest BCUT2D eigenvalue weighted by atomic mass is 35.5. The number of H-pyrrole nitrogens is 1. The summed E-state index contributed by atoms with van der Waals surface area (Å²) in [4.78, 5) is 26.2. The lowest BCUT2D eigenvalue weighted by atomic mass is 10.2. The number of aromatic nitrogens is 3. The van der Waals surface area contributed by atoms with Crippen molar-refractivity contribution in [3.63, 3.8) is 0 Å². The number of carbonyl (C=O) groups is 1. The van der Waals surface area contributed by atoms with Crippen LogP contribution in [0.3, 0.4) is 0 Å². The van der Waals surface area contributed by atoms with Crippen molar-refractivity contribution in [1.29, 1.82) is 0 Å². The van der Waals surface area contributed by atoms with E-state index in [0.717, 1.165) is 42.9 Å². The van der Waals surface area contributed by atoms with Crippen molar-refractivity contribution < 1.29 is 13.9 Å². The van der Waals surface area contributed by atoms with Gasteiger partial charge < -0.3 is 20.4 Å².